The number of para-hydroxylation sites is 1. The monoisotopic (exact) mass is 277 g/mol. The highest BCUT2D eigenvalue weighted by Gasteiger charge is 2.05. The minimum Gasteiger partial charge on any atom is -0.497 e. The molecule has 2 aromatic rings. The maximum Gasteiger partial charge on any atom is 0.160 e. The van der Waals surface area contributed by atoms with Crippen LogP contribution in [0.15, 0.2) is 42.5 Å². The van der Waals surface area contributed by atoms with E-state index in [1.807, 2.05) is 24.3 Å². The Hall–Kier alpha value is -1.87. The van der Waals surface area contributed by atoms with E-state index >= 15 is 0 Å². The van der Waals surface area contributed by atoms with Crippen molar-refractivity contribution in [3.8, 4) is 11.5 Å². The van der Waals surface area contributed by atoms with Crippen molar-refractivity contribution >= 4 is 17.3 Å². The van der Waals surface area contributed by atoms with Gasteiger partial charge in [0.2, 0.25) is 0 Å². The van der Waals surface area contributed by atoms with Crippen LogP contribution in [-0.2, 0) is 6.42 Å². The van der Waals surface area contributed by atoms with E-state index in [1.54, 1.807) is 25.3 Å². The van der Waals surface area contributed by atoms with Crippen LogP contribution in [0.4, 0.5) is 5.69 Å². The van der Waals surface area contributed by atoms with Crippen molar-refractivity contribution in [3.63, 3.8) is 0 Å². The van der Waals surface area contributed by atoms with Crippen LogP contribution in [0.1, 0.15) is 5.56 Å². The molecule has 0 aliphatic rings. The number of anilines is 1. The molecule has 0 saturated heterocycles. The summed E-state index contributed by atoms with van der Waals surface area (Å²) in [6.07, 6.45) is 0.786. The predicted octanol–water partition coefficient (Wildman–Crippen LogP) is 3.55. The van der Waals surface area contributed by atoms with Gasteiger partial charge in [0.15, 0.2) is 5.75 Å². The van der Waals surface area contributed by atoms with E-state index < -0.39 is 0 Å². The molecule has 0 atom stereocenters. The average molecular weight is 278 g/mol. The number of hydrogen-bond donors (Lipinski definition) is 1. The number of benzene rings is 2. The number of hydrogen-bond acceptors (Lipinski definition) is 3. The molecule has 2 rings (SSSR count). The first-order valence-corrected chi connectivity index (χ1v) is 6.38. The molecule has 0 saturated carbocycles. The summed E-state index contributed by atoms with van der Waals surface area (Å²) >= 11 is 6.03. The standard InChI is InChI=1S/C15H16ClNO2/c1-18-12-7-5-11(6-8-12)9-10-19-15-13(16)3-2-4-14(15)17/h2-8H,9-10,17H2,1H3. The van der Waals surface area contributed by atoms with Gasteiger partial charge in [0.25, 0.3) is 0 Å². The van der Waals surface area contributed by atoms with Crippen molar-refractivity contribution in [2.75, 3.05) is 19.5 Å². The first kappa shape index (κ1) is 13.6. The zero-order valence-corrected chi connectivity index (χ0v) is 11.5. The SMILES string of the molecule is COc1ccc(CCOc2c(N)cccc2Cl)cc1. The number of ether oxygens (including phenoxy) is 2. The average Bonchev–Trinajstić information content (AvgIpc) is 2.43. The lowest BCUT2D eigenvalue weighted by molar-refractivity contribution is 0.324. The molecule has 0 aromatic heterocycles. The zero-order valence-electron chi connectivity index (χ0n) is 10.7. The van der Waals surface area contributed by atoms with Crippen LogP contribution in [0.2, 0.25) is 5.02 Å². The zero-order chi connectivity index (χ0) is 13.7. The molecule has 0 unspecified atom stereocenters. The predicted molar refractivity (Wildman–Crippen MR) is 78.1 cm³/mol. The molecule has 0 bridgehead atoms. The minimum absolute atomic E-state index is 0.528. The van der Waals surface area contributed by atoms with E-state index in [-0.39, 0.29) is 0 Å². The second kappa shape index (κ2) is 6.34. The summed E-state index contributed by atoms with van der Waals surface area (Å²) in [5, 5.41) is 0.537. The molecule has 2 aromatic carbocycles. The Bertz CT molecular complexity index is 520. The van der Waals surface area contributed by atoms with E-state index in [9.17, 15) is 0 Å². The maximum absolute atomic E-state index is 6.03. The summed E-state index contributed by atoms with van der Waals surface area (Å²) in [6.45, 7) is 0.528. The van der Waals surface area contributed by atoms with Gasteiger partial charge in [0.05, 0.1) is 24.4 Å². The molecule has 4 heteroatoms. The largest absolute Gasteiger partial charge is 0.497 e. The van der Waals surface area contributed by atoms with Gasteiger partial charge in [-0.1, -0.05) is 29.8 Å². The molecule has 0 aliphatic heterocycles. The molecule has 0 fully saturated rings. The molecule has 0 radical (unpaired) electrons. The van der Waals surface area contributed by atoms with Crippen LogP contribution in [0.5, 0.6) is 11.5 Å². The minimum atomic E-state index is 0.528. The molecule has 0 spiro atoms. The normalized spacial score (nSPS) is 10.2. The van der Waals surface area contributed by atoms with Gasteiger partial charge >= 0.3 is 0 Å². The van der Waals surface area contributed by atoms with E-state index in [0.717, 1.165) is 12.2 Å². The number of nitrogen functional groups attached to an aromatic ring is 1. The van der Waals surface area contributed by atoms with Crippen LogP contribution in [0.25, 0.3) is 0 Å². The van der Waals surface area contributed by atoms with Crippen molar-refractivity contribution in [1.29, 1.82) is 0 Å². The molecule has 3 nitrogen and oxygen atoms in total. The second-order valence-corrected chi connectivity index (χ2v) is 4.51. The van der Waals surface area contributed by atoms with Crippen LogP contribution in [-0.4, -0.2) is 13.7 Å². The third-order valence-electron chi connectivity index (χ3n) is 2.79. The Kier molecular flexibility index (Phi) is 4.53. The van der Waals surface area contributed by atoms with Crippen LogP contribution >= 0.6 is 11.6 Å². The van der Waals surface area contributed by atoms with Crippen molar-refractivity contribution < 1.29 is 9.47 Å². The Balaban J connectivity index is 1.92. The van der Waals surface area contributed by atoms with Gasteiger partial charge in [-0.15, -0.1) is 0 Å². The van der Waals surface area contributed by atoms with E-state index in [1.165, 1.54) is 5.56 Å². The summed E-state index contributed by atoms with van der Waals surface area (Å²) in [5.74, 6) is 1.40. The van der Waals surface area contributed by atoms with Crippen molar-refractivity contribution in [3.05, 3.63) is 53.1 Å². The van der Waals surface area contributed by atoms with Gasteiger partial charge in [0, 0.05) is 6.42 Å². The molecule has 0 aliphatic carbocycles. The molecule has 0 heterocycles. The van der Waals surface area contributed by atoms with Crippen LogP contribution in [0.3, 0.4) is 0 Å². The summed E-state index contributed by atoms with van der Waals surface area (Å²) in [4.78, 5) is 0. The third-order valence-corrected chi connectivity index (χ3v) is 3.09. The van der Waals surface area contributed by atoms with E-state index in [4.69, 9.17) is 26.8 Å². The van der Waals surface area contributed by atoms with Gasteiger partial charge in [0.1, 0.15) is 5.75 Å². The van der Waals surface area contributed by atoms with Crippen molar-refractivity contribution in [2.24, 2.45) is 0 Å². The molecular weight excluding hydrogens is 262 g/mol. The summed E-state index contributed by atoms with van der Waals surface area (Å²) in [6, 6.07) is 13.2. The Labute approximate surface area is 117 Å². The highest BCUT2D eigenvalue weighted by molar-refractivity contribution is 6.32. The van der Waals surface area contributed by atoms with E-state index in [0.29, 0.717) is 23.1 Å². The fraction of sp³-hybridized carbons (Fsp3) is 0.200. The summed E-state index contributed by atoms with van der Waals surface area (Å²) in [5.41, 5.74) is 7.54. The summed E-state index contributed by atoms with van der Waals surface area (Å²) in [7, 11) is 1.65. The number of halogens is 1. The topological polar surface area (TPSA) is 44.5 Å². The first-order valence-electron chi connectivity index (χ1n) is 6.00. The van der Waals surface area contributed by atoms with E-state index in [2.05, 4.69) is 0 Å². The maximum atomic E-state index is 6.03. The quantitative estimate of drug-likeness (QED) is 0.850. The lowest BCUT2D eigenvalue weighted by Crippen LogP contribution is -2.03. The Morgan fingerprint density at radius 1 is 1.11 bits per heavy atom. The first-order chi connectivity index (χ1) is 9.20. The van der Waals surface area contributed by atoms with Crippen LogP contribution in [0, 0.1) is 0 Å². The lowest BCUT2D eigenvalue weighted by Gasteiger charge is -2.10. The number of rotatable bonds is 5. The number of nitrogens with two attached hydrogens (primary N) is 1. The highest BCUT2D eigenvalue weighted by Crippen LogP contribution is 2.30. The molecular formula is C15H16ClNO2. The molecule has 19 heavy (non-hydrogen) atoms. The molecule has 100 valence electrons. The van der Waals surface area contributed by atoms with Crippen LogP contribution < -0.4 is 15.2 Å². The fourth-order valence-corrected chi connectivity index (χ4v) is 1.98. The Morgan fingerprint density at radius 2 is 1.84 bits per heavy atom. The highest BCUT2D eigenvalue weighted by atomic mass is 35.5. The van der Waals surface area contributed by atoms with Gasteiger partial charge in [-0.3, -0.25) is 0 Å². The van der Waals surface area contributed by atoms with Crippen molar-refractivity contribution in [2.45, 2.75) is 6.42 Å². The van der Waals surface area contributed by atoms with Gasteiger partial charge in [-0.05, 0) is 29.8 Å². The van der Waals surface area contributed by atoms with Crippen molar-refractivity contribution in [1.82, 2.24) is 0 Å². The third kappa shape index (κ3) is 3.55. The van der Waals surface area contributed by atoms with Gasteiger partial charge < -0.3 is 15.2 Å². The Morgan fingerprint density at radius 3 is 2.47 bits per heavy atom. The molecule has 2 N–H and O–H groups in total. The second-order valence-electron chi connectivity index (χ2n) is 4.10. The smallest absolute Gasteiger partial charge is 0.160 e. The summed E-state index contributed by atoms with van der Waals surface area (Å²) < 4.78 is 10.7. The lowest BCUT2D eigenvalue weighted by atomic mass is 10.1. The van der Waals surface area contributed by atoms with Gasteiger partial charge in [-0.25, -0.2) is 0 Å². The fourth-order valence-electron chi connectivity index (χ4n) is 1.74. The van der Waals surface area contributed by atoms with Gasteiger partial charge in [-0.2, -0.15) is 0 Å². The molecule has 0 amide bonds. The number of methoxy groups -OCH3 is 1.